The number of hydrogen-bond acceptors (Lipinski definition) is 4. The van der Waals surface area contributed by atoms with E-state index in [1.165, 1.54) is 0 Å². The Morgan fingerprint density at radius 2 is 1.62 bits per heavy atom. The molecule has 1 atom stereocenters. The third kappa shape index (κ3) is 5.17. The van der Waals surface area contributed by atoms with Gasteiger partial charge in [0, 0.05) is 38.8 Å². The van der Waals surface area contributed by atoms with E-state index in [9.17, 15) is 9.59 Å². The van der Waals surface area contributed by atoms with Crippen LogP contribution in [0.1, 0.15) is 31.2 Å². The molecule has 0 aliphatic carbocycles. The van der Waals surface area contributed by atoms with Gasteiger partial charge >= 0.3 is 0 Å². The van der Waals surface area contributed by atoms with E-state index in [1.807, 2.05) is 40.1 Å². The highest BCUT2D eigenvalue weighted by Gasteiger charge is 2.34. The molecule has 3 saturated heterocycles. The van der Waals surface area contributed by atoms with Gasteiger partial charge in [-0.2, -0.15) is 0 Å². The van der Waals surface area contributed by atoms with Crippen molar-refractivity contribution in [2.24, 2.45) is 5.92 Å². The molecule has 2 amide bonds. The molecule has 3 heterocycles. The number of piperidine rings is 2. The first-order valence-electron chi connectivity index (χ1n) is 11.1. The molecule has 158 valence electrons. The summed E-state index contributed by atoms with van der Waals surface area (Å²) in [4.78, 5) is 32.0. The number of carbonyl (C=O) groups is 2. The lowest BCUT2D eigenvalue weighted by molar-refractivity contribution is -0.142. The standard InChI is InChI=1S/C23H33N3O3/c27-22(17-19-5-2-1-3-6-19)24-11-8-21(9-12-24)26-10-4-7-20(18-26)23(28)25-13-15-29-16-14-25/h1-3,5-6,20-21H,4,7-18H2/t20-/m0/s1. The molecule has 3 fully saturated rings. The van der Waals surface area contributed by atoms with Crippen LogP contribution in [0.5, 0.6) is 0 Å². The van der Waals surface area contributed by atoms with Gasteiger partial charge in [0.05, 0.1) is 25.6 Å². The molecule has 0 saturated carbocycles. The van der Waals surface area contributed by atoms with Gasteiger partial charge in [0.25, 0.3) is 0 Å². The Hall–Kier alpha value is -1.92. The van der Waals surface area contributed by atoms with Crippen LogP contribution in [0.3, 0.4) is 0 Å². The van der Waals surface area contributed by atoms with E-state index in [0.29, 0.717) is 31.6 Å². The minimum absolute atomic E-state index is 0.125. The van der Waals surface area contributed by atoms with Gasteiger partial charge in [-0.15, -0.1) is 0 Å². The van der Waals surface area contributed by atoms with Gasteiger partial charge in [-0.05, 0) is 37.8 Å². The van der Waals surface area contributed by atoms with Crippen LogP contribution in [0.15, 0.2) is 30.3 Å². The second-order valence-electron chi connectivity index (χ2n) is 8.55. The lowest BCUT2D eigenvalue weighted by Gasteiger charge is -2.43. The number of rotatable bonds is 4. The van der Waals surface area contributed by atoms with E-state index in [0.717, 1.165) is 70.5 Å². The molecule has 0 aromatic heterocycles. The predicted molar refractivity (Wildman–Crippen MR) is 111 cm³/mol. The van der Waals surface area contributed by atoms with Crippen molar-refractivity contribution in [3.8, 4) is 0 Å². The summed E-state index contributed by atoms with van der Waals surface area (Å²) in [7, 11) is 0. The Kier molecular flexibility index (Phi) is 6.82. The van der Waals surface area contributed by atoms with Crippen LogP contribution >= 0.6 is 0 Å². The second kappa shape index (κ2) is 9.72. The van der Waals surface area contributed by atoms with Crippen molar-refractivity contribution in [2.45, 2.75) is 38.1 Å². The topological polar surface area (TPSA) is 53.1 Å². The van der Waals surface area contributed by atoms with Crippen LogP contribution in [0, 0.1) is 5.92 Å². The van der Waals surface area contributed by atoms with Gasteiger partial charge in [-0.3, -0.25) is 14.5 Å². The van der Waals surface area contributed by atoms with E-state index >= 15 is 0 Å². The normalized spacial score (nSPS) is 24.5. The first-order valence-corrected chi connectivity index (χ1v) is 11.1. The van der Waals surface area contributed by atoms with E-state index in [2.05, 4.69) is 4.90 Å². The van der Waals surface area contributed by atoms with Crippen molar-refractivity contribution in [1.82, 2.24) is 14.7 Å². The molecule has 3 aliphatic heterocycles. The van der Waals surface area contributed by atoms with Gasteiger partial charge in [0.1, 0.15) is 0 Å². The maximum absolute atomic E-state index is 12.9. The summed E-state index contributed by atoms with van der Waals surface area (Å²) >= 11 is 0. The van der Waals surface area contributed by atoms with E-state index in [1.54, 1.807) is 0 Å². The molecule has 0 bridgehead atoms. The third-order valence-corrected chi connectivity index (χ3v) is 6.66. The fourth-order valence-corrected chi connectivity index (χ4v) is 4.94. The highest BCUT2D eigenvalue weighted by molar-refractivity contribution is 5.79. The van der Waals surface area contributed by atoms with Crippen LogP contribution in [0.25, 0.3) is 0 Å². The summed E-state index contributed by atoms with van der Waals surface area (Å²) in [5.74, 6) is 0.668. The van der Waals surface area contributed by atoms with Gasteiger partial charge < -0.3 is 14.5 Å². The lowest BCUT2D eigenvalue weighted by Crippen LogP contribution is -2.53. The van der Waals surface area contributed by atoms with Crippen LogP contribution in [-0.2, 0) is 20.7 Å². The molecule has 0 unspecified atom stereocenters. The zero-order valence-electron chi connectivity index (χ0n) is 17.3. The molecule has 4 rings (SSSR count). The molecular formula is C23H33N3O3. The third-order valence-electron chi connectivity index (χ3n) is 6.66. The zero-order valence-corrected chi connectivity index (χ0v) is 17.3. The minimum Gasteiger partial charge on any atom is -0.378 e. The maximum atomic E-state index is 12.9. The average molecular weight is 400 g/mol. The number of ether oxygens (including phenoxy) is 1. The Bertz CT molecular complexity index is 682. The van der Waals surface area contributed by atoms with Gasteiger partial charge in [-0.25, -0.2) is 0 Å². The smallest absolute Gasteiger partial charge is 0.227 e. The minimum atomic E-state index is 0.125. The summed E-state index contributed by atoms with van der Waals surface area (Å²) in [6.07, 6.45) is 4.61. The van der Waals surface area contributed by atoms with Gasteiger partial charge in [0.15, 0.2) is 0 Å². The highest BCUT2D eigenvalue weighted by Crippen LogP contribution is 2.25. The van der Waals surface area contributed by atoms with Gasteiger partial charge in [-0.1, -0.05) is 30.3 Å². The Morgan fingerprint density at radius 1 is 0.897 bits per heavy atom. The maximum Gasteiger partial charge on any atom is 0.227 e. The lowest BCUT2D eigenvalue weighted by atomic mass is 9.92. The molecule has 1 aromatic carbocycles. The molecule has 0 radical (unpaired) electrons. The summed E-state index contributed by atoms with van der Waals surface area (Å²) in [6.45, 7) is 6.40. The second-order valence-corrected chi connectivity index (χ2v) is 8.55. The summed E-state index contributed by atoms with van der Waals surface area (Å²) in [5.41, 5.74) is 1.08. The van der Waals surface area contributed by atoms with Crippen molar-refractivity contribution in [3.63, 3.8) is 0 Å². The van der Waals surface area contributed by atoms with E-state index < -0.39 is 0 Å². The fraction of sp³-hybridized carbons (Fsp3) is 0.652. The number of amides is 2. The molecule has 0 spiro atoms. The predicted octanol–water partition coefficient (Wildman–Crippen LogP) is 1.79. The van der Waals surface area contributed by atoms with Crippen LogP contribution < -0.4 is 0 Å². The monoisotopic (exact) mass is 399 g/mol. The van der Waals surface area contributed by atoms with Crippen molar-refractivity contribution < 1.29 is 14.3 Å². The van der Waals surface area contributed by atoms with Crippen molar-refractivity contribution in [2.75, 3.05) is 52.5 Å². The first-order chi connectivity index (χ1) is 14.2. The Morgan fingerprint density at radius 3 is 2.34 bits per heavy atom. The molecule has 29 heavy (non-hydrogen) atoms. The number of benzene rings is 1. The molecular weight excluding hydrogens is 366 g/mol. The summed E-state index contributed by atoms with van der Waals surface area (Å²) in [6, 6.07) is 10.5. The number of morpholine rings is 1. The van der Waals surface area contributed by atoms with Crippen molar-refractivity contribution in [1.29, 1.82) is 0 Å². The fourth-order valence-electron chi connectivity index (χ4n) is 4.94. The van der Waals surface area contributed by atoms with Crippen LogP contribution in [0.2, 0.25) is 0 Å². The molecule has 0 N–H and O–H groups in total. The van der Waals surface area contributed by atoms with E-state index in [4.69, 9.17) is 4.74 Å². The largest absolute Gasteiger partial charge is 0.378 e. The number of nitrogens with zero attached hydrogens (tertiary/aromatic N) is 3. The Balaban J connectivity index is 1.25. The molecule has 1 aromatic rings. The number of likely N-dealkylation sites (tertiary alicyclic amines) is 2. The quantitative estimate of drug-likeness (QED) is 0.775. The first kappa shape index (κ1) is 20.4. The average Bonchev–Trinajstić information content (AvgIpc) is 2.80. The Labute approximate surface area is 173 Å². The summed E-state index contributed by atoms with van der Waals surface area (Å²) in [5, 5.41) is 0. The van der Waals surface area contributed by atoms with Crippen molar-refractivity contribution >= 4 is 11.8 Å². The number of hydrogen-bond donors (Lipinski definition) is 0. The zero-order chi connectivity index (χ0) is 20.1. The van der Waals surface area contributed by atoms with Gasteiger partial charge in [0.2, 0.25) is 11.8 Å². The summed E-state index contributed by atoms with van der Waals surface area (Å²) < 4.78 is 5.38. The number of carbonyl (C=O) groups excluding carboxylic acids is 2. The molecule has 6 nitrogen and oxygen atoms in total. The van der Waals surface area contributed by atoms with Crippen LogP contribution in [-0.4, -0.2) is 85.0 Å². The SMILES string of the molecule is O=C(Cc1ccccc1)N1CCC(N2CCC[C@H](C(=O)N3CCOCC3)C2)CC1. The highest BCUT2D eigenvalue weighted by atomic mass is 16.5. The van der Waals surface area contributed by atoms with Crippen LogP contribution in [0.4, 0.5) is 0 Å². The molecule has 3 aliphatic rings. The van der Waals surface area contributed by atoms with E-state index in [-0.39, 0.29) is 11.8 Å². The molecule has 6 heteroatoms. The van der Waals surface area contributed by atoms with Crippen molar-refractivity contribution in [3.05, 3.63) is 35.9 Å².